The minimum absolute atomic E-state index is 0.0368. The van der Waals surface area contributed by atoms with Crippen LogP contribution in [0, 0.1) is 5.92 Å². The summed E-state index contributed by atoms with van der Waals surface area (Å²) in [5, 5.41) is 4.16. The Bertz CT molecular complexity index is 1470. The SMILES string of the molecule is COC(=O)C1(Nc2cccc(Cl)c2)CCC2(CC1)c1ccccc1CC2CCCOc1ccnc2ccoc12. The Hall–Kier alpha value is -3.51. The molecule has 2 aromatic heterocycles. The number of carbonyl (C=O) groups excluding carboxylic acids is 1. The second kappa shape index (κ2) is 10.6. The van der Waals surface area contributed by atoms with Gasteiger partial charge in [-0.15, -0.1) is 0 Å². The minimum atomic E-state index is -0.772. The third-order valence-corrected chi connectivity index (χ3v) is 9.08. The fourth-order valence-electron chi connectivity index (χ4n) is 6.94. The van der Waals surface area contributed by atoms with Crippen LogP contribution < -0.4 is 10.1 Å². The largest absolute Gasteiger partial charge is 0.490 e. The molecule has 7 heteroatoms. The predicted molar refractivity (Wildman–Crippen MR) is 152 cm³/mol. The van der Waals surface area contributed by atoms with E-state index < -0.39 is 5.54 Å². The molecule has 0 amide bonds. The number of esters is 1. The molecule has 1 N–H and O–H groups in total. The Morgan fingerprint density at radius 3 is 2.77 bits per heavy atom. The molecule has 0 bridgehead atoms. The molecule has 1 fully saturated rings. The lowest BCUT2D eigenvalue weighted by atomic mass is 9.60. The van der Waals surface area contributed by atoms with Gasteiger partial charge in [-0.05, 0) is 85.6 Å². The number of hydrogen-bond donors (Lipinski definition) is 1. The average molecular weight is 545 g/mol. The number of furan rings is 1. The van der Waals surface area contributed by atoms with Crippen molar-refractivity contribution in [2.24, 2.45) is 5.92 Å². The second-order valence-corrected chi connectivity index (χ2v) is 11.3. The van der Waals surface area contributed by atoms with E-state index in [4.69, 9.17) is 25.5 Å². The van der Waals surface area contributed by atoms with Crippen molar-refractivity contribution >= 4 is 34.4 Å². The molecule has 2 aliphatic rings. The van der Waals surface area contributed by atoms with Gasteiger partial charge in [-0.2, -0.15) is 0 Å². The molecule has 1 atom stereocenters. The molecule has 6 rings (SSSR count). The third kappa shape index (κ3) is 4.76. The summed E-state index contributed by atoms with van der Waals surface area (Å²) >= 11 is 6.24. The fourth-order valence-corrected chi connectivity index (χ4v) is 7.13. The molecule has 202 valence electrons. The van der Waals surface area contributed by atoms with E-state index in [9.17, 15) is 4.79 Å². The molecular weight excluding hydrogens is 512 g/mol. The zero-order valence-corrected chi connectivity index (χ0v) is 22.9. The Morgan fingerprint density at radius 1 is 1.10 bits per heavy atom. The van der Waals surface area contributed by atoms with Gasteiger partial charge in [0.15, 0.2) is 11.3 Å². The van der Waals surface area contributed by atoms with Crippen LogP contribution in [0.1, 0.15) is 49.7 Å². The summed E-state index contributed by atoms with van der Waals surface area (Å²) in [6.07, 6.45) is 9.65. The number of benzene rings is 2. The summed E-state index contributed by atoms with van der Waals surface area (Å²) in [5.41, 5.74) is 4.49. The maximum Gasteiger partial charge on any atom is 0.331 e. The highest BCUT2D eigenvalue weighted by Gasteiger charge is 2.54. The van der Waals surface area contributed by atoms with Crippen LogP contribution >= 0.6 is 11.6 Å². The summed E-state index contributed by atoms with van der Waals surface area (Å²) in [6, 6.07) is 20.1. The number of carbonyl (C=O) groups is 1. The summed E-state index contributed by atoms with van der Waals surface area (Å²) in [7, 11) is 1.47. The van der Waals surface area contributed by atoms with Crippen molar-refractivity contribution < 1.29 is 18.7 Å². The highest BCUT2D eigenvalue weighted by molar-refractivity contribution is 6.30. The van der Waals surface area contributed by atoms with Gasteiger partial charge >= 0.3 is 5.97 Å². The van der Waals surface area contributed by atoms with Crippen LogP contribution in [0.5, 0.6) is 5.75 Å². The Balaban J connectivity index is 1.19. The molecule has 0 aliphatic heterocycles. The molecule has 1 spiro atoms. The molecule has 4 aromatic rings. The zero-order chi connectivity index (χ0) is 26.9. The molecule has 2 aromatic carbocycles. The molecule has 0 saturated heterocycles. The first kappa shape index (κ1) is 25.8. The number of aromatic nitrogens is 1. The van der Waals surface area contributed by atoms with Gasteiger partial charge in [0.25, 0.3) is 0 Å². The van der Waals surface area contributed by atoms with Crippen molar-refractivity contribution in [3.8, 4) is 5.75 Å². The van der Waals surface area contributed by atoms with Gasteiger partial charge < -0.3 is 19.2 Å². The number of rotatable bonds is 8. The number of methoxy groups -OCH3 is 1. The number of halogens is 1. The lowest BCUT2D eigenvalue weighted by Crippen LogP contribution is -2.53. The Morgan fingerprint density at radius 2 is 1.95 bits per heavy atom. The number of nitrogens with one attached hydrogen (secondary N) is 1. The minimum Gasteiger partial charge on any atom is -0.490 e. The van der Waals surface area contributed by atoms with Crippen LogP contribution in [0.2, 0.25) is 5.02 Å². The topological polar surface area (TPSA) is 73.6 Å². The van der Waals surface area contributed by atoms with Crippen molar-refractivity contribution in [3.05, 3.63) is 89.3 Å². The normalized spacial score (nSPS) is 24.0. The number of ether oxygens (including phenoxy) is 2. The van der Waals surface area contributed by atoms with Gasteiger partial charge in [-0.1, -0.05) is 41.9 Å². The standard InChI is InChI=1S/C32H33ClN2O4/c1-37-30(36)32(35-25-9-4-8-24(33)21-25)15-13-31(14-16-32)23(20-22-6-2-3-10-26(22)31)7-5-18-38-28-11-17-34-27-12-19-39-29(27)28/h2-4,6,8-12,17,19,21,23,35H,5,7,13-16,18,20H2,1H3. The highest BCUT2D eigenvalue weighted by Crippen LogP contribution is 2.55. The van der Waals surface area contributed by atoms with Gasteiger partial charge in [0, 0.05) is 29.0 Å². The van der Waals surface area contributed by atoms with Gasteiger partial charge in [0.1, 0.15) is 11.1 Å². The number of anilines is 1. The monoisotopic (exact) mass is 544 g/mol. The molecule has 1 unspecified atom stereocenters. The Labute approximate surface area is 233 Å². The van der Waals surface area contributed by atoms with Gasteiger partial charge in [0.2, 0.25) is 0 Å². The number of hydrogen-bond acceptors (Lipinski definition) is 6. The quantitative estimate of drug-likeness (QED) is 0.185. The van der Waals surface area contributed by atoms with E-state index in [1.807, 2.05) is 36.4 Å². The van der Waals surface area contributed by atoms with E-state index in [0.717, 1.165) is 49.1 Å². The highest BCUT2D eigenvalue weighted by atomic mass is 35.5. The smallest absolute Gasteiger partial charge is 0.331 e. The fraction of sp³-hybridized carbons (Fsp3) is 0.375. The van der Waals surface area contributed by atoms with Crippen LogP contribution in [-0.2, 0) is 21.4 Å². The first-order valence-corrected chi connectivity index (χ1v) is 14.1. The first-order valence-electron chi connectivity index (χ1n) is 13.7. The van der Waals surface area contributed by atoms with E-state index in [1.165, 1.54) is 18.2 Å². The van der Waals surface area contributed by atoms with Crippen LogP contribution in [0.25, 0.3) is 11.1 Å². The predicted octanol–water partition coefficient (Wildman–Crippen LogP) is 7.35. The molecule has 2 aliphatic carbocycles. The van der Waals surface area contributed by atoms with E-state index in [1.54, 1.807) is 12.5 Å². The van der Waals surface area contributed by atoms with Crippen LogP contribution in [-0.4, -0.2) is 30.2 Å². The van der Waals surface area contributed by atoms with Crippen molar-refractivity contribution in [2.75, 3.05) is 19.0 Å². The number of nitrogens with zero attached hydrogens (tertiary/aromatic N) is 1. The van der Waals surface area contributed by atoms with Gasteiger partial charge in [0.05, 0.1) is 20.0 Å². The van der Waals surface area contributed by atoms with Crippen molar-refractivity contribution in [1.29, 1.82) is 0 Å². The van der Waals surface area contributed by atoms with E-state index in [2.05, 4.69) is 34.6 Å². The molecule has 0 radical (unpaired) electrons. The van der Waals surface area contributed by atoms with Crippen molar-refractivity contribution in [3.63, 3.8) is 0 Å². The molecule has 1 saturated carbocycles. The molecule has 6 nitrogen and oxygen atoms in total. The third-order valence-electron chi connectivity index (χ3n) is 8.84. The molecule has 39 heavy (non-hydrogen) atoms. The van der Waals surface area contributed by atoms with E-state index >= 15 is 0 Å². The second-order valence-electron chi connectivity index (χ2n) is 10.9. The average Bonchev–Trinajstić information content (AvgIpc) is 3.56. The lowest BCUT2D eigenvalue weighted by Gasteiger charge is -2.47. The maximum absolute atomic E-state index is 13.2. The van der Waals surface area contributed by atoms with Gasteiger partial charge in [-0.3, -0.25) is 4.98 Å². The summed E-state index contributed by atoms with van der Waals surface area (Å²) in [6.45, 7) is 0.616. The van der Waals surface area contributed by atoms with Crippen LogP contribution in [0.3, 0.4) is 0 Å². The summed E-state index contributed by atoms with van der Waals surface area (Å²) in [5.74, 6) is 1.01. The van der Waals surface area contributed by atoms with E-state index in [0.29, 0.717) is 36.0 Å². The van der Waals surface area contributed by atoms with Gasteiger partial charge in [-0.25, -0.2) is 4.79 Å². The molecular formula is C32H33ClN2O4. The maximum atomic E-state index is 13.2. The number of pyridine rings is 1. The van der Waals surface area contributed by atoms with E-state index in [-0.39, 0.29) is 11.4 Å². The summed E-state index contributed by atoms with van der Waals surface area (Å²) in [4.78, 5) is 17.5. The Kier molecular flexibility index (Phi) is 6.98. The van der Waals surface area contributed by atoms with Crippen molar-refractivity contribution in [1.82, 2.24) is 4.98 Å². The van der Waals surface area contributed by atoms with Crippen molar-refractivity contribution in [2.45, 2.75) is 55.9 Å². The number of fused-ring (bicyclic) bond motifs is 3. The van der Waals surface area contributed by atoms with Crippen LogP contribution in [0.15, 0.2) is 77.5 Å². The lowest BCUT2D eigenvalue weighted by molar-refractivity contribution is -0.148. The first-order chi connectivity index (χ1) is 19.0. The molecule has 2 heterocycles. The summed E-state index contributed by atoms with van der Waals surface area (Å²) < 4.78 is 17.0. The zero-order valence-electron chi connectivity index (χ0n) is 22.1. The van der Waals surface area contributed by atoms with Crippen LogP contribution in [0.4, 0.5) is 5.69 Å².